The topological polar surface area (TPSA) is 45.2 Å². The minimum absolute atomic E-state index is 0.157. The lowest BCUT2D eigenvalue weighted by Crippen LogP contribution is -2.33. The van der Waals surface area contributed by atoms with Gasteiger partial charge < -0.3 is 10.2 Å². The van der Waals surface area contributed by atoms with Gasteiger partial charge in [-0.15, -0.1) is 11.3 Å². The van der Waals surface area contributed by atoms with E-state index in [1.165, 1.54) is 0 Å². The molecule has 1 aliphatic heterocycles. The summed E-state index contributed by atoms with van der Waals surface area (Å²) in [5.41, 5.74) is 0.990. The van der Waals surface area contributed by atoms with Crippen molar-refractivity contribution in [2.45, 2.75) is 19.9 Å². The number of carbonyl (C=O) groups is 1. The van der Waals surface area contributed by atoms with Gasteiger partial charge in [-0.2, -0.15) is 0 Å². The molecule has 0 aliphatic carbocycles. The molecule has 2 heterocycles. The third-order valence-corrected chi connectivity index (χ3v) is 3.67. The maximum absolute atomic E-state index is 12.0. The number of aryl methyl sites for hydroxylation is 1. The van der Waals surface area contributed by atoms with Crippen LogP contribution in [0.25, 0.3) is 0 Å². The minimum Gasteiger partial charge on any atom is -0.340 e. The van der Waals surface area contributed by atoms with E-state index in [4.69, 9.17) is 0 Å². The second-order valence-corrected chi connectivity index (χ2v) is 5.30. The fraction of sp³-hybridized carbons (Fsp3) is 0.636. The number of rotatable bonds is 3. The first kappa shape index (κ1) is 11.5. The third kappa shape index (κ3) is 2.59. The van der Waals surface area contributed by atoms with Gasteiger partial charge in [0.25, 0.3) is 0 Å². The molecular formula is C11H17N3OS. The van der Waals surface area contributed by atoms with Crippen LogP contribution in [0.1, 0.15) is 17.1 Å². The van der Waals surface area contributed by atoms with Crippen LogP contribution in [0.2, 0.25) is 0 Å². The van der Waals surface area contributed by atoms with Gasteiger partial charge in [-0.3, -0.25) is 4.79 Å². The van der Waals surface area contributed by atoms with Crippen molar-refractivity contribution >= 4 is 17.2 Å². The molecule has 1 N–H and O–H groups in total. The Kier molecular flexibility index (Phi) is 3.56. The number of carbonyl (C=O) groups excluding carboxylic acids is 1. The summed E-state index contributed by atoms with van der Waals surface area (Å²) in [5.74, 6) is 0.389. The van der Waals surface area contributed by atoms with E-state index in [0.29, 0.717) is 6.54 Å². The van der Waals surface area contributed by atoms with Crippen LogP contribution in [-0.2, 0) is 11.3 Å². The molecule has 2 rings (SSSR count). The van der Waals surface area contributed by atoms with Gasteiger partial charge in [0.15, 0.2) is 0 Å². The molecule has 1 unspecified atom stereocenters. The molecule has 1 aromatic rings. The Morgan fingerprint density at radius 1 is 1.75 bits per heavy atom. The van der Waals surface area contributed by atoms with Gasteiger partial charge in [0.05, 0.1) is 23.2 Å². The summed E-state index contributed by atoms with van der Waals surface area (Å²) in [4.78, 5) is 18.2. The van der Waals surface area contributed by atoms with Crippen molar-refractivity contribution in [1.82, 2.24) is 15.2 Å². The quantitative estimate of drug-likeness (QED) is 0.856. The van der Waals surface area contributed by atoms with E-state index < -0.39 is 0 Å². The van der Waals surface area contributed by atoms with E-state index in [9.17, 15) is 4.79 Å². The number of hydrogen-bond acceptors (Lipinski definition) is 4. The zero-order chi connectivity index (χ0) is 11.5. The van der Waals surface area contributed by atoms with Gasteiger partial charge in [-0.05, 0) is 19.9 Å². The minimum atomic E-state index is 0.157. The number of nitrogens with zero attached hydrogens (tertiary/aromatic N) is 2. The summed E-state index contributed by atoms with van der Waals surface area (Å²) in [6, 6.07) is 0. The van der Waals surface area contributed by atoms with Gasteiger partial charge in [0, 0.05) is 19.0 Å². The zero-order valence-corrected chi connectivity index (χ0v) is 10.5. The van der Waals surface area contributed by atoms with Crippen LogP contribution in [0.4, 0.5) is 0 Å². The van der Waals surface area contributed by atoms with Crippen LogP contribution in [0, 0.1) is 12.8 Å². The Hall–Kier alpha value is -0.940. The number of amides is 1. The van der Waals surface area contributed by atoms with E-state index >= 15 is 0 Å². The highest BCUT2D eigenvalue weighted by molar-refractivity contribution is 7.09. The van der Waals surface area contributed by atoms with Crippen LogP contribution in [0.3, 0.4) is 0 Å². The molecule has 0 radical (unpaired) electrons. The lowest BCUT2D eigenvalue weighted by Gasteiger charge is -2.19. The number of nitrogens with one attached hydrogen (secondary N) is 1. The molecule has 1 amide bonds. The van der Waals surface area contributed by atoms with Crippen LogP contribution < -0.4 is 5.32 Å². The van der Waals surface area contributed by atoms with Gasteiger partial charge in [-0.1, -0.05) is 0 Å². The largest absolute Gasteiger partial charge is 0.340 e. The Bertz CT molecular complexity index is 371. The van der Waals surface area contributed by atoms with Crippen molar-refractivity contribution < 1.29 is 4.79 Å². The first-order valence-electron chi connectivity index (χ1n) is 5.53. The fourth-order valence-corrected chi connectivity index (χ4v) is 2.58. The summed E-state index contributed by atoms with van der Waals surface area (Å²) in [5, 5.41) is 6.29. The molecule has 0 saturated carbocycles. The molecule has 5 heteroatoms. The molecule has 88 valence electrons. The monoisotopic (exact) mass is 239 g/mol. The molecule has 0 bridgehead atoms. The second kappa shape index (κ2) is 4.93. The highest BCUT2D eigenvalue weighted by Gasteiger charge is 2.25. The fourth-order valence-electron chi connectivity index (χ4n) is 1.98. The Morgan fingerprint density at radius 3 is 3.12 bits per heavy atom. The predicted octanol–water partition coefficient (Wildman–Crippen LogP) is 1.02. The van der Waals surface area contributed by atoms with E-state index in [1.54, 1.807) is 16.2 Å². The highest BCUT2D eigenvalue weighted by atomic mass is 32.1. The van der Waals surface area contributed by atoms with E-state index in [0.717, 1.165) is 30.2 Å². The van der Waals surface area contributed by atoms with Crippen molar-refractivity contribution in [3.8, 4) is 0 Å². The summed E-state index contributed by atoms with van der Waals surface area (Å²) in [6.07, 6.45) is 0.958. The third-order valence-electron chi connectivity index (χ3n) is 2.85. The molecule has 1 fully saturated rings. The highest BCUT2D eigenvalue weighted by Crippen LogP contribution is 2.14. The summed E-state index contributed by atoms with van der Waals surface area (Å²) >= 11 is 1.63. The van der Waals surface area contributed by atoms with E-state index in [-0.39, 0.29) is 11.8 Å². The van der Waals surface area contributed by atoms with Gasteiger partial charge in [0.2, 0.25) is 5.91 Å². The van der Waals surface area contributed by atoms with Crippen LogP contribution in [-0.4, -0.2) is 35.9 Å². The van der Waals surface area contributed by atoms with E-state index in [2.05, 4.69) is 10.3 Å². The zero-order valence-electron chi connectivity index (χ0n) is 9.69. The van der Waals surface area contributed by atoms with Crippen molar-refractivity contribution in [2.75, 3.05) is 20.1 Å². The average Bonchev–Trinajstić information content (AvgIpc) is 2.88. The lowest BCUT2D eigenvalue weighted by atomic mass is 10.1. The molecule has 1 saturated heterocycles. The van der Waals surface area contributed by atoms with Crippen LogP contribution >= 0.6 is 11.3 Å². The van der Waals surface area contributed by atoms with Crippen molar-refractivity contribution in [3.63, 3.8) is 0 Å². The smallest absolute Gasteiger partial charge is 0.227 e. The number of thiazole rings is 1. The summed E-state index contributed by atoms with van der Waals surface area (Å²) in [6.45, 7) is 4.38. The average molecular weight is 239 g/mol. The number of aromatic nitrogens is 1. The summed E-state index contributed by atoms with van der Waals surface area (Å²) in [7, 11) is 1.86. The Balaban J connectivity index is 1.91. The Morgan fingerprint density at radius 2 is 2.56 bits per heavy atom. The molecule has 0 aromatic carbocycles. The standard InChI is InChI=1S/C11H17N3OS/c1-8-13-10(7-16-8)6-14(2)11(15)9-3-4-12-5-9/h7,9,12H,3-6H2,1-2H3. The van der Waals surface area contributed by atoms with Crippen molar-refractivity contribution in [1.29, 1.82) is 0 Å². The second-order valence-electron chi connectivity index (χ2n) is 4.24. The van der Waals surface area contributed by atoms with E-state index in [1.807, 2.05) is 19.4 Å². The normalized spacial score (nSPS) is 20.0. The molecular weight excluding hydrogens is 222 g/mol. The molecule has 1 aromatic heterocycles. The van der Waals surface area contributed by atoms with Gasteiger partial charge in [0.1, 0.15) is 0 Å². The SMILES string of the molecule is Cc1nc(CN(C)C(=O)C2CCNC2)cs1. The first-order valence-corrected chi connectivity index (χ1v) is 6.41. The molecule has 0 spiro atoms. The maximum Gasteiger partial charge on any atom is 0.227 e. The van der Waals surface area contributed by atoms with Crippen molar-refractivity contribution in [3.05, 3.63) is 16.1 Å². The van der Waals surface area contributed by atoms with Crippen molar-refractivity contribution in [2.24, 2.45) is 5.92 Å². The predicted molar refractivity (Wildman–Crippen MR) is 64.3 cm³/mol. The first-order chi connectivity index (χ1) is 7.66. The van der Waals surface area contributed by atoms with Gasteiger partial charge in [-0.25, -0.2) is 4.98 Å². The van der Waals surface area contributed by atoms with Gasteiger partial charge >= 0.3 is 0 Å². The number of hydrogen-bond donors (Lipinski definition) is 1. The Labute approximate surface area is 99.7 Å². The molecule has 16 heavy (non-hydrogen) atoms. The van der Waals surface area contributed by atoms with Crippen LogP contribution in [0.15, 0.2) is 5.38 Å². The summed E-state index contributed by atoms with van der Waals surface area (Å²) < 4.78 is 0. The molecule has 1 atom stereocenters. The maximum atomic E-state index is 12.0. The van der Waals surface area contributed by atoms with Crippen LogP contribution in [0.5, 0.6) is 0 Å². The lowest BCUT2D eigenvalue weighted by molar-refractivity contribution is -0.134. The molecule has 1 aliphatic rings. The molecule has 4 nitrogen and oxygen atoms in total.